The van der Waals surface area contributed by atoms with Gasteiger partial charge in [-0.15, -0.1) is 0 Å². The van der Waals surface area contributed by atoms with E-state index in [9.17, 15) is 9.59 Å². The van der Waals surface area contributed by atoms with Crippen LogP contribution in [0.4, 0.5) is 0 Å². The summed E-state index contributed by atoms with van der Waals surface area (Å²) >= 11 is 17.8. The molecule has 0 saturated heterocycles. The van der Waals surface area contributed by atoms with Gasteiger partial charge in [0.15, 0.2) is 6.10 Å². The molecule has 0 spiro atoms. The molecule has 1 amide bonds. The highest BCUT2D eigenvalue weighted by Crippen LogP contribution is 2.26. The molecule has 2 aromatic carbocycles. The minimum absolute atomic E-state index is 0.317. The van der Waals surface area contributed by atoms with E-state index in [1.165, 1.54) is 19.1 Å². The summed E-state index contributed by atoms with van der Waals surface area (Å²) in [5.74, 6) is -1.03. The first kappa shape index (κ1) is 19.6. The number of carbonyl (C=O) groups is 2. The normalized spacial score (nSPS) is 13.0. The van der Waals surface area contributed by atoms with Crippen molar-refractivity contribution in [1.29, 1.82) is 0 Å². The largest absolute Gasteiger partial charge is 0.449 e. The van der Waals surface area contributed by atoms with Gasteiger partial charge in [0.1, 0.15) is 0 Å². The molecule has 0 fully saturated rings. The van der Waals surface area contributed by atoms with Gasteiger partial charge in [-0.1, -0.05) is 40.9 Å². The van der Waals surface area contributed by atoms with Crippen molar-refractivity contribution in [2.45, 2.75) is 26.0 Å². The van der Waals surface area contributed by atoms with Gasteiger partial charge in [-0.05, 0) is 55.8 Å². The summed E-state index contributed by atoms with van der Waals surface area (Å²) in [6.45, 7) is 3.28. The van der Waals surface area contributed by atoms with Crippen molar-refractivity contribution in [2.24, 2.45) is 0 Å². The fraction of sp³-hybridized carbons (Fsp3) is 0.222. The number of carbonyl (C=O) groups excluding carboxylic acids is 2. The van der Waals surface area contributed by atoms with E-state index >= 15 is 0 Å². The van der Waals surface area contributed by atoms with Crippen LogP contribution < -0.4 is 5.32 Å². The van der Waals surface area contributed by atoms with Crippen LogP contribution in [0, 0.1) is 0 Å². The highest BCUT2D eigenvalue weighted by atomic mass is 35.5. The van der Waals surface area contributed by atoms with Gasteiger partial charge in [-0.25, -0.2) is 4.79 Å². The Kier molecular flexibility index (Phi) is 6.71. The molecule has 0 bridgehead atoms. The van der Waals surface area contributed by atoms with Crippen LogP contribution in [-0.2, 0) is 9.53 Å². The fourth-order valence-corrected chi connectivity index (χ4v) is 2.83. The molecule has 0 aliphatic carbocycles. The Morgan fingerprint density at radius 3 is 2.16 bits per heavy atom. The third-order valence-electron chi connectivity index (χ3n) is 3.52. The molecule has 4 nitrogen and oxygen atoms in total. The first-order valence-electron chi connectivity index (χ1n) is 7.50. The maximum Gasteiger partial charge on any atom is 0.338 e. The van der Waals surface area contributed by atoms with E-state index < -0.39 is 18.0 Å². The Morgan fingerprint density at radius 2 is 1.56 bits per heavy atom. The monoisotopic (exact) mass is 399 g/mol. The molecule has 2 aromatic rings. The Bertz CT molecular complexity index is 778. The van der Waals surface area contributed by atoms with E-state index in [2.05, 4.69) is 5.32 Å². The molecule has 0 unspecified atom stereocenters. The minimum Gasteiger partial charge on any atom is -0.449 e. The van der Waals surface area contributed by atoms with Gasteiger partial charge in [-0.2, -0.15) is 0 Å². The SMILES string of the molecule is C[C@H](NC(=O)[C@@H](C)OC(=O)c1ccc(Cl)cc1)c1ccc(Cl)cc1Cl. The van der Waals surface area contributed by atoms with Crippen LogP contribution in [0.2, 0.25) is 15.1 Å². The second-order valence-corrected chi connectivity index (χ2v) is 6.73. The van der Waals surface area contributed by atoms with Crippen LogP contribution in [0.5, 0.6) is 0 Å². The van der Waals surface area contributed by atoms with E-state index in [0.717, 1.165) is 5.56 Å². The zero-order chi connectivity index (χ0) is 18.6. The number of rotatable bonds is 5. The van der Waals surface area contributed by atoms with Crippen LogP contribution in [0.15, 0.2) is 42.5 Å². The van der Waals surface area contributed by atoms with Crippen molar-refractivity contribution < 1.29 is 14.3 Å². The average molecular weight is 401 g/mol. The molecule has 1 N–H and O–H groups in total. The standard InChI is InChI=1S/C18H16Cl3NO3/c1-10(15-8-7-14(20)9-16(15)21)22-17(23)11(2)25-18(24)12-3-5-13(19)6-4-12/h3-11H,1-2H3,(H,22,23)/t10-,11+/m0/s1. The van der Waals surface area contributed by atoms with Crippen LogP contribution in [0.1, 0.15) is 35.8 Å². The summed E-state index contributed by atoms with van der Waals surface area (Å²) in [6.07, 6.45) is -0.961. The van der Waals surface area contributed by atoms with Crippen LogP contribution in [-0.4, -0.2) is 18.0 Å². The van der Waals surface area contributed by atoms with Crippen molar-refractivity contribution in [2.75, 3.05) is 0 Å². The van der Waals surface area contributed by atoms with Crippen molar-refractivity contribution in [1.82, 2.24) is 5.32 Å². The van der Waals surface area contributed by atoms with Crippen LogP contribution >= 0.6 is 34.8 Å². The van der Waals surface area contributed by atoms with Crippen molar-refractivity contribution in [3.8, 4) is 0 Å². The summed E-state index contributed by atoms with van der Waals surface area (Å²) in [5.41, 5.74) is 1.04. The van der Waals surface area contributed by atoms with Gasteiger partial charge in [0.05, 0.1) is 11.6 Å². The predicted molar refractivity (Wildman–Crippen MR) is 99.3 cm³/mol. The Labute approximate surface area is 161 Å². The van der Waals surface area contributed by atoms with Gasteiger partial charge >= 0.3 is 5.97 Å². The first-order valence-corrected chi connectivity index (χ1v) is 8.63. The van der Waals surface area contributed by atoms with Gasteiger partial charge in [0.2, 0.25) is 0 Å². The molecular weight excluding hydrogens is 385 g/mol. The molecule has 132 valence electrons. The van der Waals surface area contributed by atoms with E-state index in [0.29, 0.717) is 20.6 Å². The molecule has 0 radical (unpaired) electrons. The number of esters is 1. The topological polar surface area (TPSA) is 55.4 Å². The zero-order valence-corrected chi connectivity index (χ0v) is 15.8. The lowest BCUT2D eigenvalue weighted by molar-refractivity contribution is -0.129. The molecule has 25 heavy (non-hydrogen) atoms. The lowest BCUT2D eigenvalue weighted by Gasteiger charge is -2.19. The first-order chi connectivity index (χ1) is 11.8. The van der Waals surface area contributed by atoms with Crippen molar-refractivity contribution in [3.05, 3.63) is 68.7 Å². The average Bonchev–Trinajstić information content (AvgIpc) is 2.55. The van der Waals surface area contributed by atoms with E-state index in [1.54, 1.807) is 37.3 Å². The smallest absolute Gasteiger partial charge is 0.338 e. The number of benzene rings is 2. The summed E-state index contributed by atoms with van der Waals surface area (Å²) in [6, 6.07) is 10.9. The minimum atomic E-state index is -0.961. The Hall–Kier alpha value is -1.75. The number of nitrogens with one attached hydrogen (secondary N) is 1. The molecule has 0 saturated carbocycles. The number of amides is 1. The second-order valence-electron chi connectivity index (χ2n) is 5.45. The third kappa shape index (κ3) is 5.36. The molecule has 2 rings (SSSR count). The summed E-state index contributed by atoms with van der Waals surface area (Å²) in [4.78, 5) is 24.3. The number of hydrogen-bond acceptors (Lipinski definition) is 3. The van der Waals surface area contributed by atoms with Crippen molar-refractivity contribution in [3.63, 3.8) is 0 Å². The van der Waals surface area contributed by atoms with Crippen molar-refractivity contribution >= 4 is 46.7 Å². The molecule has 2 atom stereocenters. The molecule has 0 heterocycles. The number of halogens is 3. The van der Waals surface area contributed by atoms with Gasteiger partial charge < -0.3 is 10.1 Å². The lowest BCUT2D eigenvalue weighted by atomic mass is 10.1. The lowest BCUT2D eigenvalue weighted by Crippen LogP contribution is -2.37. The third-order valence-corrected chi connectivity index (χ3v) is 4.34. The molecule has 0 aromatic heterocycles. The molecule has 0 aliphatic heterocycles. The fourth-order valence-electron chi connectivity index (χ4n) is 2.13. The predicted octanol–water partition coefficient (Wildman–Crippen LogP) is 5.07. The maximum atomic E-state index is 12.2. The number of hydrogen-bond donors (Lipinski definition) is 1. The summed E-state index contributed by atoms with van der Waals surface area (Å²) < 4.78 is 5.18. The number of ether oxygens (including phenoxy) is 1. The zero-order valence-electron chi connectivity index (χ0n) is 13.6. The quantitative estimate of drug-likeness (QED) is 0.713. The second kappa shape index (κ2) is 8.56. The van der Waals surface area contributed by atoms with E-state index in [4.69, 9.17) is 39.5 Å². The summed E-state index contributed by atoms with van der Waals surface area (Å²) in [7, 11) is 0. The van der Waals surface area contributed by atoms with E-state index in [-0.39, 0.29) is 6.04 Å². The van der Waals surface area contributed by atoms with Crippen LogP contribution in [0.25, 0.3) is 0 Å². The van der Waals surface area contributed by atoms with Crippen LogP contribution in [0.3, 0.4) is 0 Å². The van der Waals surface area contributed by atoms with Gasteiger partial charge in [-0.3, -0.25) is 4.79 Å². The molecule has 0 aliphatic rings. The van der Waals surface area contributed by atoms with Gasteiger partial charge in [0.25, 0.3) is 5.91 Å². The highest BCUT2D eigenvalue weighted by molar-refractivity contribution is 6.35. The Balaban J connectivity index is 1.97. The van der Waals surface area contributed by atoms with E-state index in [1.807, 2.05) is 0 Å². The Morgan fingerprint density at radius 1 is 0.960 bits per heavy atom. The molecular formula is C18H16Cl3NO3. The maximum absolute atomic E-state index is 12.2. The molecule has 7 heteroatoms. The summed E-state index contributed by atoms with van der Waals surface area (Å²) in [5, 5.41) is 4.23. The van der Waals surface area contributed by atoms with Gasteiger partial charge in [0, 0.05) is 15.1 Å². The highest BCUT2D eigenvalue weighted by Gasteiger charge is 2.21.